The lowest BCUT2D eigenvalue weighted by Crippen LogP contribution is -2.11. The van der Waals surface area contributed by atoms with Crippen molar-refractivity contribution in [3.8, 4) is 16.9 Å². The molecule has 0 fully saturated rings. The second kappa shape index (κ2) is 9.18. The second-order valence-corrected chi connectivity index (χ2v) is 7.53. The molecule has 2 heterocycles. The van der Waals surface area contributed by atoms with E-state index in [0.29, 0.717) is 39.2 Å². The van der Waals surface area contributed by atoms with E-state index in [2.05, 4.69) is 25.4 Å². The zero-order chi connectivity index (χ0) is 24.4. The van der Waals surface area contributed by atoms with Gasteiger partial charge in [-0.1, -0.05) is 18.2 Å². The maximum atomic E-state index is 13.9. The van der Waals surface area contributed by atoms with Crippen LogP contribution in [-0.2, 0) is 4.74 Å². The van der Waals surface area contributed by atoms with Gasteiger partial charge in [-0.05, 0) is 71.8 Å². The normalized spacial score (nSPS) is 10.9. The number of fused-ring (bicyclic) bond motifs is 1. The smallest absolute Gasteiger partial charge is 0.358 e. The van der Waals surface area contributed by atoms with Crippen molar-refractivity contribution >= 4 is 28.6 Å². The number of carbonyl (C=O) groups excluding carboxylic acids is 2. The fourth-order valence-electron chi connectivity index (χ4n) is 3.58. The fraction of sp³-hybridized carbons (Fsp3) is 0.0800. The van der Waals surface area contributed by atoms with Gasteiger partial charge in [0.1, 0.15) is 16.9 Å². The van der Waals surface area contributed by atoms with Crippen LogP contribution in [-0.4, -0.2) is 38.6 Å². The summed E-state index contributed by atoms with van der Waals surface area (Å²) in [6.07, 6.45) is 0. The highest BCUT2D eigenvalue weighted by molar-refractivity contribution is 6.06. The van der Waals surface area contributed by atoms with E-state index in [1.807, 2.05) is 0 Å². The predicted molar refractivity (Wildman–Crippen MR) is 125 cm³/mol. The van der Waals surface area contributed by atoms with E-state index < -0.39 is 11.8 Å². The summed E-state index contributed by atoms with van der Waals surface area (Å²) in [5.74, 6) is -1.38. The van der Waals surface area contributed by atoms with Gasteiger partial charge in [-0.3, -0.25) is 4.79 Å². The molecule has 1 N–H and O–H groups in total. The van der Waals surface area contributed by atoms with Crippen molar-refractivity contribution < 1.29 is 23.3 Å². The number of carbonyl (C=O) groups is 2. The number of amides is 1. The third-order valence-corrected chi connectivity index (χ3v) is 5.18. The molecule has 5 aromatic rings. The summed E-state index contributed by atoms with van der Waals surface area (Å²) in [5, 5.41) is 14.7. The lowest BCUT2D eigenvalue weighted by atomic mass is 10.1. The zero-order valence-electron chi connectivity index (χ0n) is 18.4. The summed E-state index contributed by atoms with van der Waals surface area (Å²) < 4.78 is 25.1. The second-order valence-electron chi connectivity index (χ2n) is 7.53. The van der Waals surface area contributed by atoms with E-state index in [4.69, 9.17) is 4.74 Å². The van der Waals surface area contributed by atoms with Crippen molar-refractivity contribution in [1.82, 2.24) is 20.1 Å². The van der Waals surface area contributed by atoms with Gasteiger partial charge in [-0.15, -0.1) is 0 Å². The molecule has 0 bridgehead atoms. The highest BCUT2D eigenvalue weighted by Gasteiger charge is 2.19. The first-order valence-corrected chi connectivity index (χ1v) is 10.7. The molecule has 9 nitrogen and oxygen atoms in total. The monoisotopic (exact) mass is 471 g/mol. The summed E-state index contributed by atoms with van der Waals surface area (Å²) in [5.41, 5.74) is 3.58. The van der Waals surface area contributed by atoms with Crippen LogP contribution in [0.1, 0.15) is 27.8 Å². The van der Waals surface area contributed by atoms with E-state index in [9.17, 15) is 14.0 Å². The van der Waals surface area contributed by atoms with Crippen molar-refractivity contribution in [3.05, 3.63) is 89.9 Å². The van der Waals surface area contributed by atoms with Gasteiger partial charge in [-0.2, -0.15) is 5.10 Å². The first-order valence-electron chi connectivity index (χ1n) is 10.7. The van der Waals surface area contributed by atoms with Gasteiger partial charge >= 0.3 is 5.97 Å². The minimum atomic E-state index is -0.592. The van der Waals surface area contributed by atoms with Gasteiger partial charge in [-0.25, -0.2) is 18.5 Å². The Hall–Kier alpha value is -4.86. The lowest BCUT2D eigenvalue weighted by molar-refractivity contribution is 0.0519. The number of ether oxygens (including phenoxy) is 1. The third-order valence-electron chi connectivity index (χ3n) is 5.18. The molecule has 0 aliphatic carbocycles. The Morgan fingerprint density at radius 1 is 1.00 bits per heavy atom. The van der Waals surface area contributed by atoms with Gasteiger partial charge in [0.15, 0.2) is 5.69 Å². The number of halogens is 1. The summed E-state index contributed by atoms with van der Waals surface area (Å²) in [6, 6.07) is 19.3. The quantitative estimate of drug-likeness (QED) is 0.359. The van der Waals surface area contributed by atoms with Crippen LogP contribution >= 0.6 is 0 Å². The van der Waals surface area contributed by atoms with Crippen LogP contribution in [0.4, 0.5) is 10.1 Å². The number of anilines is 1. The number of hydrogen-bond donors (Lipinski definition) is 1. The number of rotatable bonds is 6. The predicted octanol–water partition coefficient (Wildman–Crippen LogP) is 4.64. The number of nitrogens with zero attached hydrogens (tertiary/aromatic N) is 4. The Morgan fingerprint density at radius 2 is 1.83 bits per heavy atom. The van der Waals surface area contributed by atoms with Gasteiger partial charge in [0.25, 0.3) is 5.91 Å². The first kappa shape index (κ1) is 22.0. The lowest BCUT2D eigenvalue weighted by Gasteiger charge is -2.10. The SMILES string of the molecule is CCOC(=O)c1cc(-c2cccc(NC(=O)c3ccc4nonc4c3)c2)n(-c2cccc(F)c2)n1. The Labute approximate surface area is 198 Å². The van der Waals surface area contributed by atoms with E-state index >= 15 is 0 Å². The van der Waals surface area contributed by atoms with Crippen molar-refractivity contribution in [1.29, 1.82) is 0 Å². The molecular formula is C25H18FN5O4. The van der Waals surface area contributed by atoms with Gasteiger partial charge < -0.3 is 10.1 Å². The van der Waals surface area contributed by atoms with Gasteiger partial charge in [0.05, 0.1) is 18.0 Å². The van der Waals surface area contributed by atoms with Crippen molar-refractivity contribution in [2.45, 2.75) is 6.92 Å². The van der Waals surface area contributed by atoms with Crippen LogP contribution in [0.15, 0.2) is 77.4 Å². The molecule has 0 unspecified atom stereocenters. The van der Waals surface area contributed by atoms with Crippen LogP contribution in [0.2, 0.25) is 0 Å². The molecule has 10 heteroatoms. The average Bonchev–Trinajstić information content (AvgIpc) is 3.51. The highest BCUT2D eigenvalue weighted by atomic mass is 19.1. The van der Waals surface area contributed by atoms with Crippen LogP contribution in [0, 0.1) is 5.82 Å². The third kappa shape index (κ3) is 4.49. The molecule has 0 aliphatic heterocycles. The molecule has 35 heavy (non-hydrogen) atoms. The molecule has 0 saturated carbocycles. The molecule has 0 aliphatic rings. The molecule has 0 atom stereocenters. The largest absolute Gasteiger partial charge is 0.461 e. The summed E-state index contributed by atoms with van der Waals surface area (Å²) in [7, 11) is 0. The van der Waals surface area contributed by atoms with Gasteiger partial charge in [0, 0.05) is 16.8 Å². The molecular weight excluding hydrogens is 453 g/mol. The van der Waals surface area contributed by atoms with E-state index in [-0.39, 0.29) is 18.2 Å². The Bertz CT molecular complexity index is 1560. The van der Waals surface area contributed by atoms with Gasteiger partial charge in [0.2, 0.25) is 0 Å². The molecule has 174 valence electrons. The Kier molecular flexibility index (Phi) is 5.76. The molecule has 1 amide bonds. The zero-order valence-corrected chi connectivity index (χ0v) is 18.4. The van der Waals surface area contributed by atoms with Crippen LogP contribution in [0.3, 0.4) is 0 Å². The van der Waals surface area contributed by atoms with Crippen molar-refractivity contribution in [3.63, 3.8) is 0 Å². The summed E-state index contributed by atoms with van der Waals surface area (Å²) >= 11 is 0. The number of aromatic nitrogens is 4. The number of esters is 1. The number of benzene rings is 3. The first-order chi connectivity index (χ1) is 17.0. The molecule has 0 saturated heterocycles. The van der Waals surface area contributed by atoms with E-state index in [1.165, 1.54) is 16.8 Å². The minimum absolute atomic E-state index is 0.0788. The number of nitrogens with one attached hydrogen (secondary N) is 1. The highest BCUT2D eigenvalue weighted by Crippen LogP contribution is 2.27. The minimum Gasteiger partial charge on any atom is -0.461 e. The topological polar surface area (TPSA) is 112 Å². The van der Waals surface area contributed by atoms with Crippen molar-refractivity contribution in [2.75, 3.05) is 11.9 Å². The molecule has 5 rings (SSSR count). The maximum absolute atomic E-state index is 13.9. The average molecular weight is 471 g/mol. The molecule has 2 aromatic heterocycles. The van der Waals surface area contributed by atoms with Crippen LogP contribution in [0.5, 0.6) is 0 Å². The van der Waals surface area contributed by atoms with E-state index in [1.54, 1.807) is 67.6 Å². The van der Waals surface area contributed by atoms with E-state index in [0.717, 1.165) is 0 Å². The molecule has 0 spiro atoms. The Morgan fingerprint density at radius 3 is 2.66 bits per heavy atom. The molecule has 0 radical (unpaired) electrons. The van der Waals surface area contributed by atoms with Crippen LogP contribution < -0.4 is 5.32 Å². The summed E-state index contributed by atoms with van der Waals surface area (Å²) in [6.45, 7) is 1.89. The summed E-state index contributed by atoms with van der Waals surface area (Å²) in [4.78, 5) is 25.1. The molecule has 3 aromatic carbocycles. The fourth-order valence-corrected chi connectivity index (χ4v) is 3.58. The Balaban J connectivity index is 1.50. The standard InChI is InChI=1S/C25H18FN5O4/c1-2-34-25(33)22-14-23(31(28-22)19-8-4-6-17(26)13-19)15-5-3-7-18(11-15)27-24(32)16-9-10-20-21(12-16)30-35-29-20/h3-14H,2H2,1H3,(H,27,32). The number of hydrogen-bond acceptors (Lipinski definition) is 7. The maximum Gasteiger partial charge on any atom is 0.358 e. The van der Waals surface area contributed by atoms with Crippen molar-refractivity contribution in [2.24, 2.45) is 0 Å². The van der Waals surface area contributed by atoms with Crippen LogP contribution in [0.25, 0.3) is 28.0 Å².